The third-order valence-electron chi connectivity index (χ3n) is 5.10. The maximum Gasteiger partial charge on any atom is 0.192 e. The lowest BCUT2D eigenvalue weighted by Crippen LogP contribution is -2.35. The van der Waals surface area contributed by atoms with Crippen molar-refractivity contribution in [2.24, 2.45) is 0 Å². The van der Waals surface area contributed by atoms with Gasteiger partial charge < -0.3 is 12.9 Å². The van der Waals surface area contributed by atoms with Crippen LogP contribution in [0, 0.1) is 13.8 Å². The third-order valence-corrected chi connectivity index (χ3v) is 5.57. The zero-order valence-electron chi connectivity index (χ0n) is 15.1. The highest BCUT2D eigenvalue weighted by Gasteiger charge is 2.36. The number of fused-ring (bicyclic) bond motifs is 1. The van der Waals surface area contributed by atoms with Crippen LogP contribution in [0.25, 0.3) is 0 Å². The van der Waals surface area contributed by atoms with Crippen LogP contribution in [-0.4, -0.2) is 6.17 Å². The predicted molar refractivity (Wildman–Crippen MR) is 117 cm³/mol. The first-order valence-corrected chi connectivity index (χ1v) is 9.63. The summed E-state index contributed by atoms with van der Waals surface area (Å²) < 4.78 is 5.54. The highest BCUT2D eigenvalue weighted by molar-refractivity contribution is 14.1. The van der Waals surface area contributed by atoms with Crippen LogP contribution in [0.1, 0.15) is 18.1 Å². The van der Waals surface area contributed by atoms with E-state index in [1.54, 1.807) is 0 Å². The zero-order valence-corrected chi connectivity index (χ0v) is 17.3. The molecule has 0 N–H and O–H groups in total. The molecule has 132 valence electrons. The van der Waals surface area contributed by atoms with Gasteiger partial charge in [-0.2, -0.15) is 0 Å². The Morgan fingerprint density at radius 3 is 2.23 bits per heavy atom. The predicted octanol–water partition coefficient (Wildman–Crippen LogP) is 6.67. The Hall–Kier alpha value is -2.21. The summed E-state index contributed by atoms with van der Waals surface area (Å²) in [7, 11) is 0. The maximum atomic E-state index is 5.54. The van der Waals surface area contributed by atoms with Gasteiger partial charge in [-0.15, -0.1) is 0 Å². The van der Waals surface area contributed by atoms with E-state index in [0.717, 1.165) is 11.3 Å². The summed E-state index contributed by atoms with van der Waals surface area (Å²) in [4.78, 5) is 4.82. The molecule has 0 fully saturated rings. The van der Waals surface area contributed by atoms with Crippen LogP contribution in [0.5, 0.6) is 5.75 Å². The van der Waals surface area contributed by atoms with E-state index in [2.05, 4.69) is 91.2 Å². The Balaban J connectivity index is 1.93. The molecular weight excluding hydrogens is 435 g/mol. The largest absolute Gasteiger partial charge is 0.427 e. The van der Waals surface area contributed by atoms with Gasteiger partial charge in [0.05, 0.1) is 11.4 Å². The van der Waals surface area contributed by atoms with E-state index >= 15 is 0 Å². The van der Waals surface area contributed by atoms with E-state index in [0.29, 0.717) is 0 Å². The lowest BCUT2D eigenvalue weighted by Gasteiger charge is -2.31. The second-order valence-corrected chi connectivity index (χ2v) is 7.07. The Morgan fingerprint density at radius 2 is 1.50 bits per heavy atom. The minimum absolute atomic E-state index is 0.164. The molecule has 1 aliphatic rings. The Kier molecular flexibility index (Phi) is 4.53. The SMILES string of the molecule is Cc1cccc2c1N(c1cccc(OI)c1C)[C@@H](C)N2c1ccccc1. The van der Waals surface area contributed by atoms with Gasteiger partial charge in [0.1, 0.15) is 11.9 Å². The Bertz CT molecular complexity index is 942. The van der Waals surface area contributed by atoms with Crippen LogP contribution in [0.4, 0.5) is 22.7 Å². The summed E-state index contributed by atoms with van der Waals surface area (Å²) in [6.45, 7) is 6.56. The summed E-state index contributed by atoms with van der Waals surface area (Å²) in [6.07, 6.45) is 0.164. The van der Waals surface area contributed by atoms with E-state index in [-0.39, 0.29) is 6.17 Å². The molecule has 0 saturated heterocycles. The topological polar surface area (TPSA) is 15.7 Å². The van der Waals surface area contributed by atoms with Crippen LogP contribution in [0.15, 0.2) is 66.7 Å². The molecule has 1 heterocycles. The van der Waals surface area contributed by atoms with Gasteiger partial charge >= 0.3 is 0 Å². The monoisotopic (exact) mass is 456 g/mol. The number of aryl methyl sites for hydroxylation is 1. The third kappa shape index (κ3) is 2.63. The highest BCUT2D eigenvalue weighted by Crippen LogP contribution is 2.50. The smallest absolute Gasteiger partial charge is 0.192 e. The fourth-order valence-electron chi connectivity index (χ4n) is 3.87. The van der Waals surface area contributed by atoms with Crippen molar-refractivity contribution in [1.29, 1.82) is 0 Å². The molecule has 4 rings (SSSR count). The molecule has 0 radical (unpaired) electrons. The second kappa shape index (κ2) is 6.83. The van der Waals surface area contributed by atoms with Crippen LogP contribution in [-0.2, 0) is 0 Å². The van der Waals surface area contributed by atoms with Crippen molar-refractivity contribution in [2.75, 3.05) is 9.80 Å². The van der Waals surface area contributed by atoms with Crippen LogP contribution in [0.3, 0.4) is 0 Å². The second-order valence-electron chi connectivity index (χ2n) is 6.63. The summed E-state index contributed by atoms with van der Waals surface area (Å²) in [5, 5.41) is 0. The molecule has 0 saturated carbocycles. The van der Waals surface area contributed by atoms with E-state index in [1.807, 2.05) is 29.1 Å². The minimum atomic E-state index is 0.164. The number of hydrogen-bond donors (Lipinski definition) is 0. The van der Waals surface area contributed by atoms with Crippen LogP contribution in [0.2, 0.25) is 0 Å². The van der Waals surface area contributed by atoms with Crippen molar-refractivity contribution in [2.45, 2.75) is 26.9 Å². The van der Waals surface area contributed by atoms with E-state index < -0.39 is 0 Å². The first-order valence-electron chi connectivity index (χ1n) is 8.75. The van der Waals surface area contributed by atoms with E-state index in [9.17, 15) is 0 Å². The number of benzene rings is 3. The van der Waals surface area contributed by atoms with E-state index in [4.69, 9.17) is 3.07 Å². The van der Waals surface area contributed by atoms with Gasteiger partial charge in [0, 0.05) is 16.9 Å². The lowest BCUT2D eigenvalue weighted by atomic mass is 10.1. The Labute approximate surface area is 168 Å². The van der Waals surface area contributed by atoms with Crippen molar-refractivity contribution in [1.82, 2.24) is 0 Å². The zero-order chi connectivity index (χ0) is 18.3. The molecule has 0 bridgehead atoms. The Morgan fingerprint density at radius 1 is 0.808 bits per heavy atom. The van der Waals surface area contributed by atoms with E-state index in [1.165, 1.54) is 28.3 Å². The van der Waals surface area contributed by atoms with Gasteiger partial charge in [-0.25, -0.2) is 0 Å². The fraction of sp³-hybridized carbons (Fsp3) is 0.182. The average molecular weight is 456 g/mol. The summed E-state index contributed by atoms with van der Waals surface area (Å²) in [5.74, 6) is 0.906. The summed E-state index contributed by atoms with van der Waals surface area (Å²) >= 11 is 1.96. The molecule has 3 aromatic rings. The minimum Gasteiger partial charge on any atom is -0.427 e. The molecule has 0 amide bonds. The number of nitrogens with zero attached hydrogens (tertiary/aromatic N) is 2. The number of para-hydroxylation sites is 2. The normalized spacial score (nSPS) is 15.9. The number of halogens is 1. The summed E-state index contributed by atoms with van der Waals surface area (Å²) in [5.41, 5.74) is 7.31. The lowest BCUT2D eigenvalue weighted by molar-refractivity contribution is 0.704. The quantitative estimate of drug-likeness (QED) is 0.410. The van der Waals surface area contributed by atoms with Crippen molar-refractivity contribution < 1.29 is 3.07 Å². The number of rotatable bonds is 3. The molecule has 1 aliphatic heterocycles. The average Bonchev–Trinajstić information content (AvgIpc) is 2.96. The first kappa shape index (κ1) is 17.2. The molecule has 3 nitrogen and oxygen atoms in total. The van der Waals surface area contributed by atoms with Crippen LogP contribution >= 0.6 is 23.0 Å². The van der Waals surface area contributed by atoms with Gasteiger partial charge in [-0.3, -0.25) is 0 Å². The molecule has 4 heteroatoms. The fourth-order valence-corrected chi connectivity index (χ4v) is 4.34. The number of anilines is 4. The van der Waals surface area contributed by atoms with Gasteiger partial charge in [-0.05, 0) is 56.7 Å². The van der Waals surface area contributed by atoms with Crippen molar-refractivity contribution in [3.63, 3.8) is 0 Å². The standard InChI is InChI=1S/C22H21IN2O/c1-15-9-7-13-20-22(15)25(19-12-8-14-21(26-23)16(19)2)17(3)24(20)18-10-5-4-6-11-18/h4-14,17H,1-3H3/t17-/m0/s1. The molecule has 0 aromatic heterocycles. The van der Waals surface area contributed by atoms with Gasteiger partial charge in [0.15, 0.2) is 23.0 Å². The van der Waals surface area contributed by atoms with Crippen molar-refractivity contribution in [3.8, 4) is 5.75 Å². The van der Waals surface area contributed by atoms with Crippen molar-refractivity contribution >= 4 is 45.8 Å². The molecule has 0 aliphatic carbocycles. The molecule has 0 unspecified atom stereocenters. The molecule has 0 spiro atoms. The van der Waals surface area contributed by atoms with Crippen molar-refractivity contribution in [3.05, 3.63) is 77.9 Å². The maximum absolute atomic E-state index is 5.54. The van der Waals surface area contributed by atoms with Gasteiger partial charge in [-0.1, -0.05) is 36.4 Å². The molecule has 26 heavy (non-hydrogen) atoms. The van der Waals surface area contributed by atoms with Crippen LogP contribution < -0.4 is 12.9 Å². The first-order chi connectivity index (χ1) is 12.6. The van der Waals surface area contributed by atoms with Gasteiger partial charge in [0.2, 0.25) is 0 Å². The highest BCUT2D eigenvalue weighted by atomic mass is 127. The van der Waals surface area contributed by atoms with Gasteiger partial charge in [0.25, 0.3) is 0 Å². The number of hydrogen-bond acceptors (Lipinski definition) is 3. The summed E-state index contributed by atoms with van der Waals surface area (Å²) in [6, 6.07) is 23.4. The molecule has 3 aromatic carbocycles. The molecular formula is C22H21IN2O. The molecule has 1 atom stereocenters.